The van der Waals surface area contributed by atoms with E-state index in [1.54, 1.807) is 0 Å². The second-order valence-corrected chi connectivity index (χ2v) is 4.06. The first kappa shape index (κ1) is 14.0. The van der Waals surface area contributed by atoms with Gasteiger partial charge in [-0.2, -0.15) is 0 Å². The molecule has 0 fully saturated rings. The first-order valence-corrected chi connectivity index (χ1v) is 5.31. The molecule has 0 saturated heterocycles. The summed E-state index contributed by atoms with van der Waals surface area (Å²) < 4.78 is 13.6. The van der Waals surface area contributed by atoms with Gasteiger partial charge in [0.2, 0.25) is 12.0 Å². The van der Waals surface area contributed by atoms with E-state index in [-0.39, 0.29) is 5.56 Å². The van der Waals surface area contributed by atoms with Crippen LogP contribution >= 0.6 is 0 Å². The van der Waals surface area contributed by atoms with Crippen LogP contribution in [0.25, 0.3) is 0 Å². The third kappa shape index (κ3) is 2.77. The lowest BCUT2D eigenvalue weighted by atomic mass is 9.97. The van der Waals surface area contributed by atoms with Gasteiger partial charge >= 0.3 is 0 Å². The number of alkyl halides is 1. The maximum Gasteiger partial charge on any atom is 0.280 e. The van der Waals surface area contributed by atoms with Gasteiger partial charge in [0, 0.05) is 12.0 Å². The first-order valence-electron chi connectivity index (χ1n) is 5.31. The Morgan fingerprint density at radius 3 is 2.33 bits per heavy atom. The second-order valence-electron chi connectivity index (χ2n) is 4.06. The van der Waals surface area contributed by atoms with Crippen LogP contribution in [0.15, 0.2) is 24.3 Å². The highest BCUT2D eigenvalue weighted by Crippen LogP contribution is 2.21. The van der Waals surface area contributed by atoms with Crippen molar-refractivity contribution in [3.05, 3.63) is 39.9 Å². The molecule has 0 bridgehead atoms. The van der Waals surface area contributed by atoms with Gasteiger partial charge in [-0.15, -0.1) is 0 Å². The highest BCUT2D eigenvalue weighted by molar-refractivity contribution is 6.15. The number of carbonyl (C=O) groups excluding carboxylic acids is 2. The van der Waals surface area contributed by atoms with Crippen LogP contribution in [0.4, 0.5) is 10.1 Å². The van der Waals surface area contributed by atoms with Gasteiger partial charge in [0.1, 0.15) is 0 Å². The molecule has 0 saturated carbocycles. The van der Waals surface area contributed by atoms with Gasteiger partial charge in [0.25, 0.3) is 5.69 Å². The molecule has 5 nitrogen and oxygen atoms in total. The van der Waals surface area contributed by atoms with E-state index in [1.807, 2.05) is 0 Å². The molecule has 1 unspecified atom stereocenters. The molecule has 0 heterocycles. The zero-order valence-electron chi connectivity index (χ0n) is 9.92. The smallest absolute Gasteiger partial charge is 0.280 e. The molecule has 0 aliphatic carbocycles. The Balaban J connectivity index is 3.12. The molecule has 6 heteroatoms. The minimum Gasteiger partial charge on any atom is -0.296 e. The fraction of sp³-hybridized carbons (Fsp3) is 0.333. The molecule has 18 heavy (non-hydrogen) atoms. The van der Waals surface area contributed by atoms with Crippen LogP contribution in [0.2, 0.25) is 0 Å². The normalized spacial score (nSPS) is 12.2. The van der Waals surface area contributed by atoms with Crippen molar-refractivity contribution in [2.45, 2.75) is 20.0 Å². The number of halogens is 1. The molecule has 0 aliphatic heterocycles. The van der Waals surface area contributed by atoms with E-state index in [4.69, 9.17) is 0 Å². The Hall–Kier alpha value is -2.11. The average Bonchev–Trinajstić information content (AvgIpc) is 2.35. The first-order chi connectivity index (χ1) is 8.36. The Labute approximate surface area is 103 Å². The van der Waals surface area contributed by atoms with E-state index in [0.29, 0.717) is 0 Å². The number of nitro groups is 1. The molecule has 0 amide bonds. The van der Waals surface area contributed by atoms with Crippen LogP contribution in [-0.2, 0) is 4.79 Å². The van der Waals surface area contributed by atoms with E-state index in [2.05, 4.69) is 0 Å². The molecule has 0 spiro atoms. The summed E-state index contributed by atoms with van der Waals surface area (Å²) in [5, 5.41) is 10.7. The summed E-state index contributed by atoms with van der Waals surface area (Å²) in [6, 6.07) is 4.99. The summed E-state index contributed by atoms with van der Waals surface area (Å²) >= 11 is 0. The van der Waals surface area contributed by atoms with Crippen molar-refractivity contribution in [2.75, 3.05) is 0 Å². The molecule has 1 aromatic rings. The summed E-state index contributed by atoms with van der Waals surface area (Å²) in [5.74, 6) is -2.69. The predicted molar refractivity (Wildman–Crippen MR) is 62.2 cm³/mol. The number of carbonyl (C=O) groups is 2. The van der Waals surface area contributed by atoms with E-state index in [9.17, 15) is 24.1 Å². The molecule has 0 aliphatic rings. The van der Waals surface area contributed by atoms with Gasteiger partial charge in [-0.3, -0.25) is 19.7 Å². The van der Waals surface area contributed by atoms with E-state index in [1.165, 1.54) is 26.0 Å². The molecule has 0 aromatic heterocycles. The number of nitrogens with zero attached hydrogens (tertiary/aromatic N) is 1. The molecular weight excluding hydrogens is 241 g/mol. The predicted octanol–water partition coefficient (Wildman–Crippen LogP) is 2.34. The monoisotopic (exact) mass is 253 g/mol. The quantitative estimate of drug-likeness (QED) is 0.349. The Bertz CT molecular complexity index is 499. The van der Waals surface area contributed by atoms with Crippen molar-refractivity contribution >= 4 is 17.3 Å². The van der Waals surface area contributed by atoms with Gasteiger partial charge in [-0.1, -0.05) is 26.0 Å². The summed E-state index contributed by atoms with van der Waals surface area (Å²) in [7, 11) is 0. The number of nitro benzene ring substituents is 1. The van der Waals surface area contributed by atoms with Crippen LogP contribution in [0.3, 0.4) is 0 Å². The van der Waals surface area contributed by atoms with Gasteiger partial charge in [-0.25, -0.2) is 4.39 Å². The fourth-order valence-corrected chi connectivity index (χ4v) is 1.40. The van der Waals surface area contributed by atoms with Crippen LogP contribution < -0.4 is 0 Å². The number of para-hydroxylation sites is 1. The third-order valence-corrected chi connectivity index (χ3v) is 2.42. The summed E-state index contributed by atoms with van der Waals surface area (Å²) in [6.07, 6.45) is -2.36. The van der Waals surface area contributed by atoms with Crippen molar-refractivity contribution in [3.8, 4) is 0 Å². The average molecular weight is 253 g/mol. The number of hydrogen-bond acceptors (Lipinski definition) is 4. The largest absolute Gasteiger partial charge is 0.296 e. The maximum atomic E-state index is 13.6. The molecular formula is C12H12FNO4. The highest BCUT2D eigenvalue weighted by atomic mass is 19.1. The van der Waals surface area contributed by atoms with Crippen LogP contribution in [0, 0.1) is 16.0 Å². The Morgan fingerprint density at radius 2 is 1.83 bits per heavy atom. The van der Waals surface area contributed by atoms with Gasteiger partial charge in [0.15, 0.2) is 5.78 Å². The molecule has 0 N–H and O–H groups in total. The second kappa shape index (κ2) is 5.48. The number of hydrogen-bond donors (Lipinski definition) is 0. The van der Waals surface area contributed by atoms with Gasteiger partial charge in [-0.05, 0) is 6.07 Å². The zero-order valence-corrected chi connectivity index (χ0v) is 9.92. The molecule has 1 rings (SSSR count). The molecule has 1 aromatic carbocycles. The van der Waals surface area contributed by atoms with Crippen molar-refractivity contribution < 1.29 is 18.9 Å². The standard InChI is InChI=1S/C12H12FNO4/c1-7(2)11(15)10(13)12(16)8-5-3-4-6-9(8)14(17)18/h3-7,10H,1-2H3. The van der Waals surface area contributed by atoms with E-state index in [0.717, 1.165) is 12.1 Å². The number of Topliss-reactive ketones (excluding diaryl/α,β-unsaturated/α-hetero) is 2. The molecule has 1 atom stereocenters. The number of rotatable bonds is 5. The topological polar surface area (TPSA) is 77.3 Å². The minimum absolute atomic E-state index is 0.385. The van der Waals surface area contributed by atoms with Gasteiger partial charge < -0.3 is 0 Å². The van der Waals surface area contributed by atoms with E-state index >= 15 is 0 Å². The van der Waals surface area contributed by atoms with Crippen molar-refractivity contribution in [1.29, 1.82) is 0 Å². The lowest BCUT2D eigenvalue weighted by Gasteiger charge is -2.09. The number of ketones is 2. The Morgan fingerprint density at radius 1 is 1.28 bits per heavy atom. The maximum absolute atomic E-state index is 13.6. The lowest BCUT2D eigenvalue weighted by molar-refractivity contribution is -0.385. The molecule has 96 valence electrons. The summed E-state index contributed by atoms with van der Waals surface area (Å²) in [6.45, 7) is 2.92. The van der Waals surface area contributed by atoms with Crippen LogP contribution in [0.1, 0.15) is 24.2 Å². The van der Waals surface area contributed by atoms with Crippen LogP contribution in [0.5, 0.6) is 0 Å². The van der Waals surface area contributed by atoms with E-state index < -0.39 is 34.3 Å². The lowest BCUT2D eigenvalue weighted by Crippen LogP contribution is -2.29. The highest BCUT2D eigenvalue weighted by Gasteiger charge is 2.32. The van der Waals surface area contributed by atoms with Crippen molar-refractivity contribution in [1.82, 2.24) is 0 Å². The SMILES string of the molecule is CC(C)C(=O)C(F)C(=O)c1ccccc1[N+](=O)[O-]. The Kier molecular flexibility index (Phi) is 4.25. The molecule has 0 radical (unpaired) electrons. The minimum atomic E-state index is -2.36. The van der Waals surface area contributed by atoms with Gasteiger partial charge in [0.05, 0.1) is 10.5 Å². The number of benzene rings is 1. The fourth-order valence-electron chi connectivity index (χ4n) is 1.40. The summed E-state index contributed by atoms with van der Waals surface area (Å²) in [4.78, 5) is 33.0. The zero-order chi connectivity index (χ0) is 13.9. The van der Waals surface area contributed by atoms with Crippen molar-refractivity contribution in [2.24, 2.45) is 5.92 Å². The van der Waals surface area contributed by atoms with Crippen molar-refractivity contribution in [3.63, 3.8) is 0 Å². The summed E-state index contributed by atoms with van der Waals surface area (Å²) in [5.41, 5.74) is -0.884. The van der Waals surface area contributed by atoms with Crippen LogP contribution in [-0.4, -0.2) is 22.7 Å². The third-order valence-electron chi connectivity index (χ3n) is 2.42.